The summed E-state index contributed by atoms with van der Waals surface area (Å²) in [5.74, 6) is -0.0361. The van der Waals surface area contributed by atoms with Crippen LogP contribution in [0.2, 0.25) is 0 Å². The molecule has 27 heavy (non-hydrogen) atoms. The summed E-state index contributed by atoms with van der Waals surface area (Å²) in [6, 6.07) is 8.00. The molecule has 0 aliphatic carbocycles. The van der Waals surface area contributed by atoms with Crippen molar-refractivity contribution < 1.29 is 17.9 Å². The highest BCUT2D eigenvalue weighted by Crippen LogP contribution is 2.47. The number of carbonyl (C=O) groups excluding carboxylic acids is 1. The molecule has 2 bridgehead atoms. The maximum atomic E-state index is 13.3. The van der Waals surface area contributed by atoms with Gasteiger partial charge in [0.1, 0.15) is 12.2 Å². The van der Waals surface area contributed by atoms with Crippen LogP contribution in [-0.4, -0.2) is 60.9 Å². The third-order valence-electron chi connectivity index (χ3n) is 6.01. The Balaban J connectivity index is 1.66. The Morgan fingerprint density at radius 2 is 1.85 bits per heavy atom. The zero-order valence-corrected chi connectivity index (χ0v) is 16.3. The summed E-state index contributed by atoms with van der Waals surface area (Å²) in [4.78, 5) is 13.8. The number of morpholine rings is 1. The summed E-state index contributed by atoms with van der Waals surface area (Å²) in [6.45, 7) is 2.25. The fourth-order valence-corrected chi connectivity index (χ4v) is 7.08. The van der Waals surface area contributed by atoms with Crippen molar-refractivity contribution in [3.05, 3.63) is 29.8 Å². The van der Waals surface area contributed by atoms with Crippen LogP contribution in [0.4, 0.5) is 0 Å². The Kier molecular flexibility index (Phi) is 4.29. The lowest BCUT2D eigenvalue weighted by Crippen LogP contribution is -2.63. The van der Waals surface area contributed by atoms with E-state index in [-0.39, 0.29) is 28.4 Å². The van der Waals surface area contributed by atoms with E-state index >= 15 is 0 Å². The molecule has 0 N–H and O–H groups in total. The van der Waals surface area contributed by atoms with Crippen molar-refractivity contribution >= 4 is 15.9 Å². The Morgan fingerprint density at radius 3 is 2.44 bits per heavy atom. The van der Waals surface area contributed by atoms with Crippen LogP contribution in [0.3, 0.4) is 0 Å². The van der Waals surface area contributed by atoms with Gasteiger partial charge in [-0.15, -0.1) is 0 Å². The normalized spacial score (nSPS) is 34.0. The molecule has 0 saturated carbocycles. The largest absolute Gasteiger partial charge is 0.360 e. The van der Waals surface area contributed by atoms with Crippen LogP contribution in [0.15, 0.2) is 29.2 Å². The number of ether oxygens (including phenoxy) is 1. The third-order valence-corrected chi connectivity index (χ3v) is 8.07. The minimum absolute atomic E-state index is 0.0361. The summed E-state index contributed by atoms with van der Waals surface area (Å²) in [5.41, 5.74) is -0.320. The zero-order valence-electron chi connectivity index (χ0n) is 15.5. The quantitative estimate of drug-likeness (QED) is 0.764. The second-order valence-electron chi connectivity index (χ2n) is 7.87. The number of benzene rings is 1. The van der Waals surface area contributed by atoms with Gasteiger partial charge in [0.2, 0.25) is 10.0 Å². The highest BCUT2D eigenvalue weighted by Gasteiger charge is 2.56. The van der Waals surface area contributed by atoms with Gasteiger partial charge >= 0.3 is 0 Å². The first-order valence-corrected chi connectivity index (χ1v) is 10.7. The van der Waals surface area contributed by atoms with Crippen molar-refractivity contribution in [2.45, 2.75) is 61.3 Å². The van der Waals surface area contributed by atoms with Gasteiger partial charge in [-0.25, -0.2) is 8.42 Å². The lowest BCUT2D eigenvalue weighted by Gasteiger charge is -2.50. The van der Waals surface area contributed by atoms with E-state index in [2.05, 4.69) is 0 Å². The van der Waals surface area contributed by atoms with E-state index in [9.17, 15) is 18.5 Å². The molecule has 0 radical (unpaired) electrons. The highest BCUT2D eigenvalue weighted by molar-refractivity contribution is 7.89. The highest BCUT2D eigenvalue weighted by atomic mass is 32.2. The van der Waals surface area contributed by atoms with Crippen LogP contribution in [0, 0.1) is 11.3 Å². The molecule has 1 aromatic carbocycles. The Hall–Kier alpha value is -1.95. The first kappa shape index (κ1) is 18.4. The number of likely N-dealkylation sites (N-methyl/N-ethyl adjacent to an activating group) is 1. The van der Waals surface area contributed by atoms with E-state index in [4.69, 9.17) is 4.74 Å². The van der Waals surface area contributed by atoms with Crippen molar-refractivity contribution in [3.63, 3.8) is 0 Å². The van der Waals surface area contributed by atoms with Crippen molar-refractivity contribution in [3.8, 4) is 6.07 Å². The van der Waals surface area contributed by atoms with Gasteiger partial charge in [-0.3, -0.25) is 4.79 Å². The molecule has 7 nitrogen and oxygen atoms in total. The minimum atomic E-state index is -3.76. The zero-order chi connectivity index (χ0) is 19.4. The number of hydrogen-bond donors (Lipinski definition) is 0. The molecule has 1 aromatic rings. The molecule has 3 aliphatic rings. The van der Waals surface area contributed by atoms with Crippen molar-refractivity contribution in [2.75, 3.05) is 13.6 Å². The molecular weight excluding hydrogens is 366 g/mol. The Morgan fingerprint density at radius 1 is 1.22 bits per heavy atom. The number of rotatable bonds is 2. The lowest BCUT2D eigenvalue weighted by molar-refractivity contribution is -0.189. The number of nitriles is 1. The number of sulfonamides is 1. The number of nitrogens with zero attached hydrogens (tertiary/aromatic N) is 3. The first-order chi connectivity index (χ1) is 12.8. The number of amides is 1. The van der Waals surface area contributed by atoms with Crippen molar-refractivity contribution in [1.82, 2.24) is 9.21 Å². The van der Waals surface area contributed by atoms with Crippen LogP contribution in [-0.2, 0) is 19.6 Å². The van der Waals surface area contributed by atoms with Gasteiger partial charge in [-0.1, -0.05) is 12.1 Å². The molecule has 3 fully saturated rings. The summed E-state index contributed by atoms with van der Waals surface area (Å²) in [5, 5.41) is 9.32. The molecule has 3 aliphatic heterocycles. The van der Waals surface area contributed by atoms with E-state index in [1.54, 1.807) is 35.3 Å². The predicted molar refractivity (Wildman–Crippen MR) is 97.1 cm³/mol. The lowest BCUT2D eigenvalue weighted by atomic mass is 9.85. The van der Waals surface area contributed by atoms with E-state index in [0.29, 0.717) is 19.4 Å². The van der Waals surface area contributed by atoms with Gasteiger partial charge in [0.15, 0.2) is 0 Å². The van der Waals surface area contributed by atoms with Gasteiger partial charge in [0.05, 0.1) is 16.1 Å². The van der Waals surface area contributed by atoms with Crippen LogP contribution < -0.4 is 0 Å². The fourth-order valence-electron chi connectivity index (χ4n) is 5.06. The standard InChI is InChI=1S/C19H23N3O4S/c1-13-18(23)21(2)12-19(26-13)9-15-7-8-16(10-19)22(15)27(24,25)17-6-4-3-5-14(17)11-20/h3-6,13,15-16H,7-10,12H2,1-2H3. The Labute approximate surface area is 159 Å². The van der Waals surface area contributed by atoms with Gasteiger partial charge in [0, 0.05) is 25.7 Å². The smallest absolute Gasteiger partial charge is 0.251 e. The van der Waals surface area contributed by atoms with Crippen molar-refractivity contribution in [1.29, 1.82) is 5.26 Å². The third kappa shape index (κ3) is 2.85. The SMILES string of the molecule is CC1OC2(CC3CCC(C2)N3S(=O)(=O)c2ccccc2C#N)CN(C)C1=O. The average Bonchev–Trinajstić information content (AvgIpc) is 2.93. The molecular formula is C19H23N3O4S. The maximum Gasteiger partial charge on any atom is 0.251 e. The van der Waals surface area contributed by atoms with Crippen LogP contribution >= 0.6 is 0 Å². The molecule has 3 unspecified atom stereocenters. The summed E-state index contributed by atoms with van der Waals surface area (Å²) in [6.07, 6.45) is 2.18. The molecule has 4 rings (SSSR count). The average molecular weight is 389 g/mol. The molecule has 3 atom stereocenters. The van der Waals surface area contributed by atoms with Gasteiger partial charge in [0.25, 0.3) is 5.91 Å². The number of piperidine rings is 1. The molecule has 144 valence electrons. The number of fused-ring (bicyclic) bond motifs is 2. The molecule has 1 spiro atoms. The van der Waals surface area contributed by atoms with Crippen LogP contribution in [0.5, 0.6) is 0 Å². The number of hydrogen-bond acceptors (Lipinski definition) is 5. The first-order valence-electron chi connectivity index (χ1n) is 9.23. The Bertz CT molecular complexity index is 893. The van der Waals surface area contributed by atoms with Crippen molar-refractivity contribution in [2.24, 2.45) is 0 Å². The summed E-state index contributed by atoms with van der Waals surface area (Å²) < 4.78 is 34.4. The second kappa shape index (κ2) is 6.30. The van der Waals surface area contributed by atoms with E-state index in [0.717, 1.165) is 12.8 Å². The van der Waals surface area contributed by atoms with E-state index in [1.165, 1.54) is 12.1 Å². The van der Waals surface area contributed by atoms with Crippen LogP contribution in [0.25, 0.3) is 0 Å². The van der Waals surface area contributed by atoms with Gasteiger partial charge < -0.3 is 9.64 Å². The minimum Gasteiger partial charge on any atom is -0.360 e. The molecule has 0 aromatic heterocycles. The number of carbonyl (C=O) groups is 1. The molecule has 3 saturated heterocycles. The van der Waals surface area contributed by atoms with Gasteiger partial charge in [-0.2, -0.15) is 9.57 Å². The summed E-state index contributed by atoms with van der Waals surface area (Å²) >= 11 is 0. The van der Waals surface area contributed by atoms with Crippen LogP contribution in [0.1, 0.15) is 38.2 Å². The van der Waals surface area contributed by atoms with E-state index in [1.807, 2.05) is 6.07 Å². The van der Waals surface area contributed by atoms with Gasteiger partial charge in [-0.05, 0) is 44.7 Å². The van der Waals surface area contributed by atoms with E-state index < -0.39 is 21.7 Å². The molecule has 1 amide bonds. The monoisotopic (exact) mass is 389 g/mol. The molecule has 3 heterocycles. The predicted octanol–water partition coefficient (Wildman–Crippen LogP) is 1.49. The summed E-state index contributed by atoms with van der Waals surface area (Å²) in [7, 11) is -1.98. The topological polar surface area (TPSA) is 90.7 Å². The fraction of sp³-hybridized carbons (Fsp3) is 0.579. The molecule has 8 heteroatoms. The second-order valence-corrected chi connectivity index (χ2v) is 9.69. The maximum absolute atomic E-state index is 13.3.